The summed E-state index contributed by atoms with van der Waals surface area (Å²) in [4.78, 5) is 0. The van der Waals surface area contributed by atoms with Gasteiger partial charge >= 0.3 is 5.51 Å². The second kappa shape index (κ2) is 3.64. The number of rotatable bonds is 2. The highest BCUT2D eigenvalue weighted by molar-refractivity contribution is 7.92. The third kappa shape index (κ3) is 1.96. The minimum atomic E-state index is -5.09. The molecular weight excluding hydrogens is 265 g/mol. The Kier molecular flexibility index (Phi) is 2.58. The zero-order valence-electron chi connectivity index (χ0n) is 10.0. The molecule has 4 aliphatic carbocycles. The molecule has 0 heterocycles. The molecule has 0 aromatic rings. The average molecular weight is 282 g/mol. The van der Waals surface area contributed by atoms with E-state index in [-0.39, 0.29) is 0 Å². The maximum absolute atomic E-state index is 12.5. The van der Waals surface area contributed by atoms with Crippen molar-refractivity contribution in [2.24, 2.45) is 23.2 Å². The van der Waals surface area contributed by atoms with Crippen LogP contribution in [0.15, 0.2) is 0 Å². The predicted octanol–water partition coefficient (Wildman–Crippen LogP) is 3.14. The van der Waals surface area contributed by atoms with Gasteiger partial charge in [0.25, 0.3) is 0 Å². The maximum Gasteiger partial charge on any atom is 0.497 e. The summed E-state index contributed by atoms with van der Waals surface area (Å²) < 4.78 is 60.4. The summed E-state index contributed by atoms with van der Waals surface area (Å²) >= 11 is 0. The van der Waals surface area contributed by atoms with E-state index in [1.165, 1.54) is 0 Å². The molecule has 18 heavy (non-hydrogen) atoms. The van der Waals surface area contributed by atoms with Gasteiger partial charge in [0, 0.05) is 0 Å². The van der Waals surface area contributed by atoms with Crippen molar-refractivity contribution in [1.29, 1.82) is 0 Å². The van der Waals surface area contributed by atoms with E-state index in [4.69, 9.17) is 0 Å². The van der Waals surface area contributed by atoms with Crippen molar-refractivity contribution >= 4 is 9.84 Å². The first-order valence-corrected chi connectivity index (χ1v) is 8.13. The molecule has 0 amide bonds. The lowest BCUT2D eigenvalue weighted by Crippen LogP contribution is -2.50. The monoisotopic (exact) mass is 282 g/mol. The first-order valence-electron chi connectivity index (χ1n) is 6.48. The van der Waals surface area contributed by atoms with E-state index in [2.05, 4.69) is 0 Å². The van der Waals surface area contributed by atoms with Crippen LogP contribution in [0, 0.1) is 23.2 Å². The molecule has 4 bridgehead atoms. The Labute approximate surface area is 105 Å². The van der Waals surface area contributed by atoms with Crippen LogP contribution in [-0.2, 0) is 9.84 Å². The molecule has 0 aromatic heterocycles. The Morgan fingerprint density at radius 2 is 1.33 bits per heavy atom. The van der Waals surface area contributed by atoms with Crippen molar-refractivity contribution in [1.82, 2.24) is 0 Å². The fourth-order valence-corrected chi connectivity index (χ4v) is 6.28. The third-order valence-corrected chi connectivity index (χ3v) is 6.71. The first-order chi connectivity index (χ1) is 8.19. The largest absolute Gasteiger partial charge is 0.497 e. The highest BCUT2D eigenvalue weighted by atomic mass is 32.2. The molecule has 6 heteroatoms. The summed E-state index contributed by atoms with van der Waals surface area (Å²) in [6.45, 7) is 0. The fraction of sp³-hybridized carbons (Fsp3) is 1.00. The van der Waals surface area contributed by atoms with Gasteiger partial charge in [-0.2, -0.15) is 13.2 Å². The van der Waals surface area contributed by atoms with Crippen LogP contribution < -0.4 is 0 Å². The Morgan fingerprint density at radius 3 is 1.67 bits per heavy atom. The van der Waals surface area contributed by atoms with Gasteiger partial charge in [-0.3, -0.25) is 0 Å². The van der Waals surface area contributed by atoms with Gasteiger partial charge in [0.15, 0.2) is 0 Å². The molecule has 4 rings (SSSR count). The average Bonchev–Trinajstić information content (AvgIpc) is 2.10. The minimum absolute atomic E-state index is 0.472. The van der Waals surface area contributed by atoms with E-state index in [0.717, 1.165) is 19.3 Å². The summed E-state index contributed by atoms with van der Waals surface area (Å²) in [5, 5.41) is 0. The van der Waals surface area contributed by atoms with Gasteiger partial charge in [-0.1, -0.05) is 0 Å². The fourth-order valence-electron chi connectivity index (χ4n) is 4.95. The van der Waals surface area contributed by atoms with Crippen LogP contribution >= 0.6 is 0 Å². The Balaban J connectivity index is 1.85. The zero-order chi connectivity index (χ0) is 13.2. The predicted molar refractivity (Wildman–Crippen MR) is 60.4 cm³/mol. The Morgan fingerprint density at radius 1 is 0.944 bits per heavy atom. The van der Waals surface area contributed by atoms with Crippen LogP contribution in [0.5, 0.6) is 0 Å². The standard InChI is InChI=1S/C12H17F3O2S/c13-12(14,15)18(16,17)7-11-4-8-1-9(5-11)3-10(2-8)6-11/h8-10H,1-7H2. The van der Waals surface area contributed by atoms with Gasteiger partial charge in [0.05, 0.1) is 5.75 Å². The minimum Gasteiger partial charge on any atom is -0.220 e. The van der Waals surface area contributed by atoms with Gasteiger partial charge < -0.3 is 0 Å². The molecule has 0 aliphatic heterocycles. The van der Waals surface area contributed by atoms with E-state index in [1.54, 1.807) is 0 Å². The van der Waals surface area contributed by atoms with Crippen molar-refractivity contribution in [3.8, 4) is 0 Å². The summed E-state index contributed by atoms with van der Waals surface area (Å²) in [6.07, 6.45) is 5.37. The van der Waals surface area contributed by atoms with E-state index in [1.807, 2.05) is 0 Å². The highest BCUT2D eigenvalue weighted by Crippen LogP contribution is 2.60. The number of alkyl halides is 3. The van der Waals surface area contributed by atoms with Crippen LogP contribution in [-0.4, -0.2) is 19.7 Å². The molecule has 4 saturated carbocycles. The summed E-state index contributed by atoms with van der Waals surface area (Å²) in [5.41, 5.74) is -5.65. The topological polar surface area (TPSA) is 34.1 Å². The van der Waals surface area contributed by atoms with Gasteiger partial charge in [-0.05, 0) is 61.7 Å². The molecule has 0 radical (unpaired) electrons. The molecule has 4 aliphatic rings. The van der Waals surface area contributed by atoms with Crippen molar-refractivity contribution in [3.05, 3.63) is 0 Å². The third-order valence-electron chi connectivity index (χ3n) is 5.01. The molecule has 0 unspecified atom stereocenters. The summed E-state index contributed by atoms with van der Waals surface area (Å²) in [5.74, 6) is 0.742. The molecule has 0 saturated heterocycles. The lowest BCUT2D eigenvalue weighted by atomic mass is 9.50. The van der Waals surface area contributed by atoms with Crippen LogP contribution in [0.1, 0.15) is 38.5 Å². The Bertz CT molecular complexity index is 417. The summed E-state index contributed by atoms with van der Waals surface area (Å²) in [6, 6.07) is 0. The molecule has 0 N–H and O–H groups in total. The molecule has 104 valence electrons. The van der Waals surface area contributed by atoms with Crippen LogP contribution in [0.2, 0.25) is 0 Å². The van der Waals surface area contributed by atoms with E-state index >= 15 is 0 Å². The maximum atomic E-state index is 12.5. The summed E-state index contributed by atoms with van der Waals surface area (Å²) in [7, 11) is -4.96. The second-order valence-corrected chi connectivity index (χ2v) is 8.60. The smallest absolute Gasteiger partial charge is 0.220 e. The molecular formula is C12H17F3O2S. The number of hydrogen-bond donors (Lipinski definition) is 0. The van der Waals surface area contributed by atoms with Crippen molar-refractivity contribution in [2.75, 3.05) is 5.75 Å². The molecule has 2 nitrogen and oxygen atoms in total. The molecule has 0 aromatic carbocycles. The second-order valence-electron chi connectivity index (χ2n) is 6.62. The van der Waals surface area contributed by atoms with Crippen LogP contribution in [0.4, 0.5) is 13.2 Å². The quantitative estimate of drug-likeness (QED) is 0.779. The molecule has 0 spiro atoms. The van der Waals surface area contributed by atoms with Gasteiger partial charge in [0.1, 0.15) is 0 Å². The SMILES string of the molecule is O=S(=O)(CC12CC3CC(CC(C3)C1)C2)C(F)(F)F. The Hall–Kier alpha value is -0.260. The van der Waals surface area contributed by atoms with Crippen molar-refractivity contribution in [3.63, 3.8) is 0 Å². The highest BCUT2D eigenvalue weighted by Gasteiger charge is 2.56. The van der Waals surface area contributed by atoms with Gasteiger partial charge in [0.2, 0.25) is 9.84 Å². The van der Waals surface area contributed by atoms with Crippen LogP contribution in [0.3, 0.4) is 0 Å². The number of sulfone groups is 1. The molecule has 4 fully saturated rings. The molecule has 0 atom stereocenters. The van der Waals surface area contributed by atoms with E-state index in [9.17, 15) is 21.6 Å². The van der Waals surface area contributed by atoms with E-state index in [0.29, 0.717) is 37.0 Å². The van der Waals surface area contributed by atoms with Gasteiger partial charge in [-0.15, -0.1) is 0 Å². The van der Waals surface area contributed by atoms with Crippen LogP contribution in [0.25, 0.3) is 0 Å². The number of hydrogen-bond acceptors (Lipinski definition) is 2. The normalized spacial score (nSPS) is 43.4. The lowest BCUT2D eigenvalue weighted by molar-refractivity contribution is -0.0557. The van der Waals surface area contributed by atoms with E-state index < -0.39 is 26.5 Å². The zero-order valence-corrected chi connectivity index (χ0v) is 10.9. The van der Waals surface area contributed by atoms with Crippen molar-refractivity contribution < 1.29 is 21.6 Å². The van der Waals surface area contributed by atoms with Crippen molar-refractivity contribution in [2.45, 2.75) is 44.0 Å². The van der Waals surface area contributed by atoms with Gasteiger partial charge in [-0.25, -0.2) is 8.42 Å². The first kappa shape index (κ1) is 12.8. The lowest BCUT2D eigenvalue weighted by Gasteiger charge is -2.56. The number of halogens is 3.